The Morgan fingerprint density at radius 2 is 2.07 bits per heavy atom. The Labute approximate surface area is 162 Å². The molecule has 0 aromatic carbocycles. The summed E-state index contributed by atoms with van der Waals surface area (Å²) in [6.45, 7) is 7.78. The largest absolute Gasteiger partial charge is 0.314 e. The first kappa shape index (κ1) is 19.4. The summed E-state index contributed by atoms with van der Waals surface area (Å²) in [5.41, 5.74) is 0.797. The summed E-state index contributed by atoms with van der Waals surface area (Å²) in [6.07, 6.45) is 11.8. The summed E-state index contributed by atoms with van der Waals surface area (Å²) in [4.78, 5) is 35.1. The summed E-state index contributed by atoms with van der Waals surface area (Å²) in [6, 6.07) is 0.150. The molecule has 2 heterocycles. The molecular weight excluding hydrogens is 362 g/mol. The molecule has 0 bridgehead atoms. The lowest BCUT2D eigenvalue weighted by Gasteiger charge is -2.29. The van der Waals surface area contributed by atoms with E-state index in [0.29, 0.717) is 21.9 Å². The highest BCUT2D eigenvalue weighted by Crippen LogP contribution is 2.36. The number of nitrogens with zero attached hydrogens (tertiary/aromatic N) is 5. The Balaban J connectivity index is 2.33. The number of carbonyl (C=O) groups excluding carboxylic acids is 1. The minimum Gasteiger partial charge on any atom is -0.314 e. The van der Waals surface area contributed by atoms with E-state index in [1.807, 2.05) is 50.8 Å². The molecule has 2 aromatic rings. The van der Waals surface area contributed by atoms with Crippen molar-refractivity contribution in [2.24, 2.45) is 0 Å². The van der Waals surface area contributed by atoms with Crippen LogP contribution in [0.4, 0.5) is 0 Å². The van der Waals surface area contributed by atoms with Gasteiger partial charge >= 0.3 is 0 Å². The number of hydrogen-bond donors (Lipinski definition) is 0. The van der Waals surface area contributed by atoms with E-state index in [2.05, 4.69) is 9.97 Å². The van der Waals surface area contributed by atoms with Crippen LogP contribution in [-0.4, -0.2) is 42.4 Å². The Hall–Kier alpha value is -2.35. The monoisotopic (exact) mass is 387 g/mol. The molecule has 0 atom stereocenters. The highest BCUT2D eigenvalue weighted by Gasteiger charge is 2.31. The van der Waals surface area contributed by atoms with Crippen LogP contribution in [0.5, 0.6) is 0 Å². The first-order valence-corrected chi connectivity index (χ1v) is 10.2. The molecule has 0 radical (unpaired) electrons. The molecule has 1 aliphatic carbocycles. The van der Waals surface area contributed by atoms with Crippen LogP contribution in [0.1, 0.15) is 46.6 Å². The van der Waals surface area contributed by atoms with E-state index < -0.39 is 0 Å². The van der Waals surface area contributed by atoms with E-state index in [1.54, 1.807) is 22.0 Å². The zero-order valence-electron chi connectivity index (χ0n) is 16.3. The normalized spacial score (nSPS) is 15.7. The molecule has 2 aromatic heterocycles. The van der Waals surface area contributed by atoms with Gasteiger partial charge in [-0.25, -0.2) is 19.3 Å². The molecule has 27 heavy (non-hydrogen) atoms. The average molecular weight is 388 g/mol. The van der Waals surface area contributed by atoms with Gasteiger partial charge in [0.05, 0.1) is 11.7 Å². The number of fused-ring (bicyclic) bond motifs is 1. The third-order valence-electron chi connectivity index (χ3n) is 4.42. The maximum atomic E-state index is 13.0. The zero-order chi connectivity index (χ0) is 19.8. The van der Waals surface area contributed by atoms with Gasteiger partial charge in [-0.15, -0.1) is 0 Å². The molecule has 0 unspecified atom stereocenters. The van der Waals surface area contributed by atoms with Gasteiger partial charge in [0.1, 0.15) is 5.39 Å². The molecule has 0 N–H and O–H groups in total. The first-order chi connectivity index (χ1) is 12.8. The van der Waals surface area contributed by atoms with E-state index in [0.717, 1.165) is 19.3 Å². The van der Waals surface area contributed by atoms with Crippen molar-refractivity contribution < 1.29 is 4.79 Å². The van der Waals surface area contributed by atoms with Gasteiger partial charge < -0.3 is 4.90 Å². The zero-order valence-corrected chi connectivity index (χ0v) is 17.2. The van der Waals surface area contributed by atoms with Gasteiger partial charge in [0.2, 0.25) is 6.41 Å². The van der Waals surface area contributed by atoms with Crippen LogP contribution in [0.3, 0.4) is 0 Å². The summed E-state index contributed by atoms with van der Waals surface area (Å²) in [7, 11) is 0. The van der Waals surface area contributed by atoms with Crippen LogP contribution in [-0.2, 0) is 4.79 Å². The lowest BCUT2D eigenvalue weighted by atomic mass is 10.1. The molecule has 0 saturated heterocycles. The maximum Gasteiger partial charge on any atom is 0.278 e. The van der Waals surface area contributed by atoms with Gasteiger partial charge in [-0.2, -0.15) is 0 Å². The third kappa shape index (κ3) is 3.71. The van der Waals surface area contributed by atoms with Crippen LogP contribution in [0.15, 0.2) is 34.5 Å². The molecule has 0 spiro atoms. The molecule has 1 saturated carbocycles. The Morgan fingerprint density at radius 1 is 1.37 bits per heavy atom. The molecule has 8 heteroatoms. The number of carbonyl (C=O) groups is 1. The van der Waals surface area contributed by atoms with E-state index >= 15 is 0 Å². The Kier molecular flexibility index (Phi) is 5.28. The SMILES string of the molecule is C/C=C\C(=C/N(C=O)C(C)(C)C)n1c2nc(SC)ncc2c(=O)n1C1CC1. The van der Waals surface area contributed by atoms with E-state index in [4.69, 9.17) is 0 Å². The van der Waals surface area contributed by atoms with Crippen molar-refractivity contribution in [1.29, 1.82) is 0 Å². The highest BCUT2D eigenvalue weighted by atomic mass is 32.2. The minimum atomic E-state index is -0.387. The second-order valence-corrected chi connectivity index (χ2v) is 8.30. The number of aromatic nitrogens is 4. The fourth-order valence-electron chi connectivity index (χ4n) is 2.84. The predicted molar refractivity (Wildman–Crippen MR) is 109 cm³/mol. The second-order valence-electron chi connectivity index (χ2n) is 7.52. The fraction of sp³-hybridized carbons (Fsp3) is 0.474. The van der Waals surface area contributed by atoms with E-state index in [-0.39, 0.29) is 17.1 Å². The molecule has 7 nitrogen and oxygen atoms in total. The number of amides is 1. The molecule has 1 fully saturated rings. The van der Waals surface area contributed by atoms with Crippen LogP contribution in [0.25, 0.3) is 16.7 Å². The van der Waals surface area contributed by atoms with Crippen molar-refractivity contribution in [2.45, 2.75) is 57.3 Å². The van der Waals surface area contributed by atoms with Gasteiger partial charge in [-0.1, -0.05) is 17.8 Å². The van der Waals surface area contributed by atoms with Crippen molar-refractivity contribution in [3.63, 3.8) is 0 Å². The average Bonchev–Trinajstić information content (AvgIpc) is 3.42. The predicted octanol–water partition coefficient (Wildman–Crippen LogP) is 3.28. The third-order valence-corrected chi connectivity index (χ3v) is 4.98. The fourth-order valence-corrected chi connectivity index (χ4v) is 3.18. The number of thioether (sulfide) groups is 1. The van der Waals surface area contributed by atoms with Gasteiger partial charge in [-0.3, -0.25) is 9.59 Å². The summed E-state index contributed by atoms with van der Waals surface area (Å²) < 4.78 is 3.58. The second kappa shape index (κ2) is 7.34. The molecule has 1 aliphatic rings. The molecule has 144 valence electrons. The minimum absolute atomic E-state index is 0.0935. The van der Waals surface area contributed by atoms with Crippen molar-refractivity contribution in [3.8, 4) is 0 Å². The number of hydrogen-bond acceptors (Lipinski definition) is 5. The standard InChI is InChI=1S/C19H25N5O2S/c1-6-7-14(11-22(12-25)19(2,3)4)23-16-15(10-20-18(21-16)27-5)17(26)24(23)13-8-9-13/h6-7,10-13H,8-9H2,1-5H3/b7-6-,14-11+. The van der Waals surface area contributed by atoms with E-state index in [1.165, 1.54) is 11.8 Å². The van der Waals surface area contributed by atoms with Crippen LogP contribution >= 0.6 is 11.8 Å². The number of allylic oxidation sites excluding steroid dienone is 3. The van der Waals surface area contributed by atoms with Crippen LogP contribution in [0, 0.1) is 0 Å². The quantitative estimate of drug-likeness (QED) is 0.329. The Morgan fingerprint density at radius 3 is 2.59 bits per heavy atom. The molecule has 0 aliphatic heterocycles. The highest BCUT2D eigenvalue weighted by molar-refractivity contribution is 7.98. The molecular formula is C19H25N5O2S. The lowest BCUT2D eigenvalue weighted by Crippen LogP contribution is -2.36. The lowest BCUT2D eigenvalue weighted by molar-refractivity contribution is -0.119. The Bertz CT molecular complexity index is 976. The first-order valence-electron chi connectivity index (χ1n) is 8.94. The van der Waals surface area contributed by atoms with Crippen molar-refractivity contribution in [3.05, 3.63) is 34.9 Å². The topological polar surface area (TPSA) is 73.0 Å². The molecule has 3 rings (SSSR count). The summed E-state index contributed by atoms with van der Waals surface area (Å²) >= 11 is 1.43. The van der Waals surface area contributed by atoms with Crippen molar-refractivity contribution in [1.82, 2.24) is 24.2 Å². The van der Waals surface area contributed by atoms with Gasteiger partial charge in [0.15, 0.2) is 10.8 Å². The van der Waals surface area contributed by atoms with Crippen molar-refractivity contribution in [2.75, 3.05) is 6.26 Å². The van der Waals surface area contributed by atoms with Gasteiger partial charge in [0, 0.05) is 17.9 Å². The summed E-state index contributed by atoms with van der Waals surface area (Å²) in [5.74, 6) is 0. The van der Waals surface area contributed by atoms with Crippen LogP contribution in [0.2, 0.25) is 0 Å². The van der Waals surface area contributed by atoms with Gasteiger partial charge in [-0.05, 0) is 52.9 Å². The van der Waals surface area contributed by atoms with E-state index in [9.17, 15) is 9.59 Å². The maximum absolute atomic E-state index is 13.0. The smallest absolute Gasteiger partial charge is 0.278 e. The van der Waals surface area contributed by atoms with Gasteiger partial charge in [0.25, 0.3) is 5.56 Å². The van der Waals surface area contributed by atoms with Crippen molar-refractivity contribution >= 4 is 34.9 Å². The molecule has 1 amide bonds. The number of rotatable bonds is 6. The summed E-state index contributed by atoms with van der Waals surface area (Å²) in [5, 5.41) is 1.09. The van der Waals surface area contributed by atoms with Crippen LogP contribution < -0.4 is 5.56 Å².